The minimum absolute atomic E-state index is 0.520. The van der Waals surface area contributed by atoms with Crippen LogP contribution in [-0.2, 0) is 13.1 Å². The quantitative estimate of drug-likeness (QED) is 0.775. The highest BCUT2D eigenvalue weighted by atomic mass is 79.9. The Morgan fingerprint density at radius 3 is 2.67 bits per heavy atom. The molecular weight excluding hydrogens is 288 g/mol. The fourth-order valence-corrected chi connectivity index (χ4v) is 2.43. The Balaban J connectivity index is 2.79. The van der Waals surface area contributed by atoms with Crippen LogP contribution in [-0.4, -0.2) is 24.5 Å². The van der Waals surface area contributed by atoms with Gasteiger partial charge in [-0.05, 0) is 38.1 Å². The lowest BCUT2D eigenvalue weighted by molar-refractivity contribution is 0.237. The summed E-state index contributed by atoms with van der Waals surface area (Å²) in [5, 5.41) is 3.17. The van der Waals surface area contributed by atoms with E-state index in [-0.39, 0.29) is 0 Å². The first-order chi connectivity index (χ1) is 8.58. The van der Waals surface area contributed by atoms with Gasteiger partial charge in [0.05, 0.1) is 0 Å². The van der Waals surface area contributed by atoms with E-state index in [9.17, 15) is 0 Å². The molecule has 1 rings (SSSR count). The number of halogens is 1. The topological polar surface area (TPSA) is 15.3 Å². The lowest BCUT2D eigenvalue weighted by Crippen LogP contribution is -2.30. The van der Waals surface area contributed by atoms with E-state index in [1.54, 1.807) is 0 Å². The molecule has 0 aliphatic carbocycles. The maximum Gasteiger partial charge on any atom is 0.0250 e. The van der Waals surface area contributed by atoms with E-state index >= 15 is 0 Å². The number of nitrogens with one attached hydrogen (secondary N) is 1. The van der Waals surface area contributed by atoms with E-state index in [1.165, 1.54) is 15.6 Å². The van der Waals surface area contributed by atoms with Gasteiger partial charge in [0.1, 0.15) is 0 Å². The van der Waals surface area contributed by atoms with E-state index in [0.29, 0.717) is 6.04 Å². The molecule has 3 heteroatoms. The summed E-state index contributed by atoms with van der Waals surface area (Å²) in [6.07, 6.45) is 1.96. The lowest BCUT2D eigenvalue weighted by atomic mass is 10.1. The fraction of sp³-hybridized carbons (Fsp3) is 0.467. The fourth-order valence-electron chi connectivity index (χ4n) is 1.88. The van der Waals surface area contributed by atoms with E-state index < -0.39 is 0 Å². The molecule has 0 saturated heterocycles. The number of rotatable bonds is 7. The van der Waals surface area contributed by atoms with Crippen molar-refractivity contribution >= 4 is 15.9 Å². The molecule has 0 bridgehead atoms. The predicted molar refractivity (Wildman–Crippen MR) is 82.6 cm³/mol. The van der Waals surface area contributed by atoms with Gasteiger partial charge in [0.15, 0.2) is 0 Å². The molecule has 0 heterocycles. The molecule has 1 aromatic carbocycles. The van der Waals surface area contributed by atoms with Crippen LogP contribution in [0.1, 0.15) is 25.0 Å². The minimum atomic E-state index is 0.520. The molecule has 0 saturated carbocycles. The molecule has 0 fully saturated rings. The third-order valence-corrected chi connectivity index (χ3v) is 3.70. The van der Waals surface area contributed by atoms with Gasteiger partial charge in [-0.1, -0.05) is 34.1 Å². The summed E-state index contributed by atoms with van der Waals surface area (Å²) in [5.41, 5.74) is 2.62. The molecule has 18 heavy (non-hydrogen) atoms. The highest BCUT2D eigenvalue weighted by Gasteiger charge is 2.10. The summed E-state index contributed by atoms with van der Waals surface area (Å²) < 4.78 is 1.19. The molecule has 0 amide bonds. The monoisotopic (exact) mass is 310 g/mol. The van der Waals surface area contributed by atoms with Crippen LogP contribution in [0.4, 0.5) is 0 Å². The van der Waals surface area contributed by atoms with Crippen molar-refractivity contribution in [3.8, 4) is 0 Å². The Hall–Kier alpha value is -0.640. The van der Waals surface area contributed by atoms with Crippen molar-refractivity contribution in [1.82, 2.24) is 10.2 Å². The van der Waals surface area contributed by atoms with Crippen LogP contribution in [0.25, 0.3) is 0 Å². The largest absolute Gasteiger partial charge is 0.316 e. The second-order valence-electron chi connectivity index (χ2n) is 4.77. The van der Waals surface area contributed by atoms with Crippen LogP contribution in [0.5, 0.6) is 0 Å². The average molecular weight is 311 g/mol. The van der Waals surface area contributed by atoms with Crippen LogP contribution in [0.2, 0.25) is 0 Å². The van der Waals surface area contributed by atoms with Crippen LogP contribution in [0, 0.1) is 0 Å². The minimum Gasteiger partial charge on any atom is -0.316 e. The molecule has 0 aromatic heterocycles. The number of hydrogen-bond donors (Lipinski definition) is 1. The van der Waals surface area contributed by atoms with Crippen molar-refractivity contribution in [1.29, 1.82) is 0 Å². The Morgan fingerprint density at radius 2 is 2.17 bits per heavy atom. The third kappa shape index (κ3) is 4.56. The summed E-state index contributed by atoms with van der Waals surface area (Å²) in [6, 6.07) is 7.10. The summed E-state index contributed by atoms with van der Waals surface area (Å²) >= 11 is 3.67. The highest BCUT2D eigenvalue weighted by molar-refractivity contribution is 9.10. The van der Waals surface area contributed by atoms with Crippen molar-refractivity contribution in [3.63, 3.8) is 0 Å². The lowest BCUT2D eigenvalue weighted by Gasteiger charge is -2.25. The zero-order valence-electron chi connectivity index (χ0n) is 11.5. The van der Waals surface area contributed by atoms with Gasteiger partial charge in [-0.3, -0.25) is 4.90 Å². The van der Waals surface area contributed by atoms with Crippen molar-refractivity contribution < 1.29 is 0 Å². The Morgan fingerprint density at radius 1 is 1.44 bits per heavy atom. The maximum atomic E-state index is 3.82. The average Bonchev–Trinajstić information content (AvgIpc) is 2.31. The van der Waals surface area contributed by atoms with E-state index in [1.807, 2.05) is 13.1 Å². The Labute approximate surface area is 119 Å². The van der Waals surface area contributed by atoms with Crippen molar-refractivity contribution in [2.45, 2.75) is 33.0 Å². The van der Waals surface area contributed by atoms with E-state index in [2.05, 4.69) is 64.8 Å². The van der Waals surface area contributed by atoms with Crippen LogP contribution >= 0.6 is 15.9 Å². The van der Waals surface area contributed by atoms with Gasteiger partial charge in [-0.2, -0.15) is 0 Å². The first kappa shape index (κ1) is 15.4. The molecule has 100 valence electrons. The molecule has 1 aromatic rings. The van der Waals surface area contributed by atoms with Crippen molar-refractivity contribution in [2.75, 3.05) is 13.6 Å². The second-order valence-corrected chi connectivity index (χ2v) is 5.62. The molecule has 1 N–H and O–H groups in total. The Kier molecular flexibility index (Phi) is 6.61. The van der Waals surface area contributed by atoms with Crippen LogP contribution in [0.15, 0.2) is 35.3 Å². The molecule has 0 aliphatic rings. The number of hydrogen-bond acceptors (Lipinski definition) is 2. The summed E-state index contributed by atoms with van der Waals surface area (Å²) in [5.74, 6) is 0. The zero-order valence-corrected chi connectivity index (χ0v) is 13.1. The second kappa shape index (κ2) is 7.72. The van der Waals surface area contributed by atoms with Crippen molar-refractivity contribution in [2.24, 2.45) is 0 Å². The van der Waals surface area contributed by atoms with Gasteiger partial charge < -0.3 is 5.32 Å². The summed E-state index contributed by atoms with van der Waals surface area (Å²) in [6.45, 7) is 11.0. The molecule has 2 nitrogen and oxygen atoms in total. The molecule has 0 spiro atoms. The molecule has 0 radical (unpaired) electrons. The molecule has 0 unspecified atom stereocenters. The van der Waals surface area contributed by atoms with E-state index in [0.717, 1.165) is 19.6 Å². The van der Waals surface area contributed by atoms with Crippen molar-refractivity contribution in [3.05, 3.63) is 46.5 Å². The van der Waals surface area contributed by atoms with Crippen LogP contribution < -0.4 is 5.32 Å². The standard InChI is InChI=1S/C15H23BrN2/c1-5-8-18(12(2)3)11-14-7-6-13(10-17-4)9-15(14)16/h5-7,9,12,17H,1,8,10-11H2,2-4H3. The first-order valence-electron chi connectivity index (χ1n) is 6.35. The predicted octanol–water partition coefficient (Wildman–Crippen LogP) is 3.56. The number of benzene rings is 1. The van der Waals surface area contributed by atoms with Gasteiger partial charge in [-0.25, -0.2) is 0 Å². The summed E-state index contributed by atoms with van der Waals surface area (Å²) in [7, 11) is 1.96. The maximum absolute atomic E-state index is 3.82. The van der Waals surface area contributed by atoms with Gasteiger partial charge >= 0.3 is 0 Å². The first-order valence-corrected chi connectivity index (χ1v) is 7.14. The molecule has 0 aliphatic heterocycles. The van der Waals surface area contributed by atoms with Gasteiger partial charge in [0.2, 0.25) is 0 Å². The van der Waals surface area contributed by atoms with Crippen LogP contribution in [0.3, 0.4) is 0 Å². The SMILES string of the molecule is C=CCN(Cc1ccc(CNC)cc1Br)C(C)C. The van der Waals surface area contributed by atoms with Gasteiger partial charge in [0, 0.05) is 30.1 Å². The molecule has 0 atom stereocenters. The third-order valence-electron chi connectivity index (χ3n) is 2.97. The molecular formula is C15H23BrN2. The normalized spacial score (nSPS) is 11.2. The number of nitrogens with zero attached hydrogens (tertiary/aromatic N) is 1. The van der Waals surface area contributed by atoms with Gasteiger partial charge in [0.25, 0.3) is 0 Å². The van der Waals surface area contributed by atoms with E-state index in [4.69, 9.17) is 0 Å². The smallest absolute Gasteiger partial charge is 0.0250 e. The highest BCUT2D eigenvalue weighted by Crippen LogP contribution is 2.21. The zero-order chi connectivity index (χ0) is 13.5. The van der Waals surface area contributed by atoms with Gasteiger partial charge in [-0.15, -0.1) is 6.58 Å². The summed E-state index contributed by atoms with van der Waals surface area (Å²) in [4.78, 5) is 2.39. The Bertz CT molecular complexity index is 388.